The van der Waals surface area contributed by atoms with Gasteiger partial charge in [-0.15, -0.1) is 12.4 Å². The zero-order valence-corrected chi connectivity index (χ0v) is 16.6. The molecule has 6 nitrogen and oxygen atoms in total. The van der Waals surface area contributed by atoms with E-state index in [9.17, 15) is 13.2 Å². The third-order valence-electron chi connectivity index (χ3n) is 4.60. The third-order valence-corrected chi connectivity index (χ3v) is 6.14. The molecule has 0 aromatic heterocycles. The average Bonchev–Trinajstić information content (AvgIpc) is 2.54. The van der Waals surface area contributed by atoms with E-state index in [0.717, 1.165) is 18.4 Å². The Bertz CT molecular complexity index is 709. The van der Waals surface area contributed by atoms with Crippen molar-refractivity contribution in [1.82, 2.24) is 9.62 Å². The van der Waals surface area contributed by atoms with Crippen molar-refractivity contribution in [1.29, 1.82) is 0 Å². The minimum Gasteiger partial charge on any atom is -0.334 e. The maximum Gasteiger partial charge on any atom is 0.254 e. The van der Waals surface area contributed by atoms with Gasteiger partial charge in [-0.3, -0.25) is 4.79 Å². The molecule has 2 rings (SSSR count). The minimum atomic E-state index is -3.59. The van der Waals surface area contributed by atoms with Crippen LogP contribution in [-0.4, -0.2) is 44.9 Å². The molecule has 1 amide bonds. The number of sulfonamides is 1. The topological polar surface area (TPSA) is 92.5 Å². The lowest BCUT2D eigenvalue weighted by Gasteiger charge is -2.38. The first-order chi connectivity index (χ1) is 11.3. The minimum absolute atomic E-state index is 0. The number of carbonyl (C=O) groups is 1. The predicted octanol–water partition coefficient (Wildman–Crippen LogP) is 1.91. The first-order valence-corrected chi connectivity index (χ1v) is 9.89. The van der Waals surface area contributed by atoms with Crippen molar-refractivity contribution in [3.8, 4) is 0 Å². The molecule has 1 fully saturated rings. The summed E-state index contributed by atoms with van der Waals surface area (Å²) in [4.78, 5) is 14.9. The van der Waals surface area contributed by atoms with Gasteiger partial charge in [0.25, 0.3) is 5.91 Å². The lowest BCUT2D eigenvalue weighted by Crippen LogP contribution is -2.49. The summed E-state index contributed by atoms with van der Waals surface area (Å²) in [5.41, 5.74) is 7.05. The second-order valence-electron chi connectivity index (χ2n) is 6.50. The van der Waals surface area contributed by atoms with Gasteiger partial charge in [0, 0.05) is 31.2 Å². The second kappa shape index (κ2) is 8.98. The van der Waals surface area contributed by atoms with Crippen molar-refractivity contribution in [3.63, 3.8) is 0 Å². The highest BCUT2D eigenvalue weighted by Crippen LogP contribution is 2.25. The van der Waals surface area contributed by atoms with Crippen LogP contribution in [0.4, 0.5) is 0 Å². The van der Waals surface area contributed by atoms with E-state index in [-0.39, 0.29) is 29.3 Å². The molecule has 1 aliphatic heterocycles. The summed E-state index contributed by atoms with van der Waals surface area (Å²) in [5.74, 6) is 0.410. The molecule has 2 unspecified atom stereocenters. The number of hydrogen-bond acceptors (Lipinski definition) is 4. The van der Waals surface area contributed by atoms with Crippen LogP contribution in [0.5, 0.6) is 0 Å². The van der Waals surface area contributed by atoms with Crippen LogP contribution in [0.3, 0.4) is 0 Å². The molecular formula is C17H28ClN3O3S. The van der Waals surface area contributed by atoms with E-state index in [1.54, 1.807) is 17.9 Å². The summed E-state index contributed by atoms with van der Waals surface area (Å²) in [6.07, 6.45) is 1.83. The summed E-state index contributed by atoms with van der Waals surface area (Å²) in [5, 5.41) is 0. The van der Waals surface area contributed by atoms with Gasteiger partial charge in [0.05, 0.1) is 4.90 Å². The van der Waals surface area contributed by atoms with Crippen LogP contribution in [-0.2, 0) is 10.0 Å². The molecule has 0 aliphatic carbocycles. The summed E-state index contributed by atoms with van der Waals surface area (Å²) < 4.78 is 26.9. The predicted molar refractivity (Wildman–Crippen MR) is 102 cm³/mol. The van der Waals surface area contributed by atoms with Crippen molar-refractivity contribution in [2.24, 2.45) is 11.7 Å². The van der Waals surface area contributed by atoms with Crippen molar-refractivity contribution in [2.75, 3.05) is 19.6 Å². The van der Waals surface area contributed by atoms with E-state index in [4.69, 9.17) is 5.73 Å². The van der Waals surface area contributed by atoms with E-state index in [1.165, 1.54) is 12.1 Å². The number of likely N-dealkylation sites (tertiary alicyclic amines) is 1. The van der Waals surface area contributed by atoms with Gasteiger partial charge in [-0.05, 0) is 43.4 Å². The molecule has 1 heterocycles. The van der Waals surface area contributed by atoms with Crippen LogP contribution in [0.25, 0.3) is 0 Å². The Balaban J connectivity index is 0.00000312. The number of halogens is 1. The van der Waals surface area contributed by atoms with Crippen molar-refractivity contribution in [2.45, 2.75) is 44.6 Å². The third kappa shape index (κ3) is 4.94. The Morgan fingerprint density at radius 1 is 1.40 bits per heavy atom. The number of carbonyl (C=O) groups excluding carboxylic acids is 1. The van der Waals surface area contributed by atoms with Crippen LogP contribution in [0, 0.1) is 12.8 Å². The van der Waals surface area contributed by atoms with Crippen molar-refractivity contribution < 1.29 is 13.2 Å². The molecule has 0 spiro atoms. The fraction of sp³-hybridized carbons (Fsp3) is 0.588. The summed E-state index contributed by atoms with van der Waals surface area (Å²) in [6.45, 7) is 7.09. The monoisotopic (exact) mass is 389 g/mol. The molecule has 0 saturated carbocycles. The van der Waals surface area contributed by atoms with E-state index in [2.05, 4.69) is 11.6 Å². The number of nitrogens with one attached hydrogen (secondary N) is 1. The van der Waals surface area contributed by atoms with Crippen LogP contribution < -0.4 is 10.5 Å². The van der Waals surface area contributed by atoms with E-state index in [0.29, 0.717) is 31.1 Å². The SMILES string of the molecule is CCNS(=O)(=O)c1ccc(C)c(C(=O)N2CCC(C)CC2CN)c1.Cl. The van der Waals surface area contributed by atoms with Crippen LogP contribution in [0.15, 0.2) is 23.1 Å². The van der Waals surface area contributed by atoms with E-state index < -0.39 is 10.0 Å². The first kappa shape index (κ1) is 21.9. The summed E-state index contributed by atoms with van der Waals surface area (Å²) in [6, 6.07) is 4.70. The highest BCUT2D eigenvalue weighted by Gasteiger charge is 2.30. The molecule has 0 radical (unpaired) electrons. The van der Waals surface area contributed by atoms with Crippen LogP contribution >= 0.6 is 12.4 Å². The number of piperidine rings is 1. The van der Waals surface area contributed by atoms with Gasteiger partial charge in [-0.25, -0.2) is 13.1 Å². The number of amides is 1. The largest absolute Gasteiger partial charge is 0.334 e. The zero-order chi connectivity index (χ0) is 17.9. The first-order valence-electron chi connectivity index (χ1n) is 8.41. The quantitative estimate of drug-likeness (QED) is 0.804. The molecule has 25 heavy (non-hydrogen) atoms. The summed E-state index contributed by atoms with van der Waals surface area (Å²) >= 11 is 0. The van der Waals surface area contributed by atoms with E-state index >= 15 is 0 Å². The fourth-order valence-corrected chi connectivity index (χ4v) is 4.24. The molecule has 1 aromatic carbocycles. The molecule has 1 aromatic rings. The fourth-order valence-electron chi connectivity index (χ4n) is 3.17. The molecule has 142 valence electrons. The molecule has 0 bridgehead atoms. The summed E-state index contributed by atoms with van der Waals surface area (Å²) in [7, 11) is -3.59. The number of aryl methyl sites for hydroxylation is 1. The normalized spacial score (nSPS) is 20.9. The highest BCUT2D eigenvalue weighted by molar-refractivity contribution is 7.89. The van der Waals surface area contributed by atoms with Gasteiger partial charge in [0.15, 0.2) is 0 Å². The smallest absolute Gasteiger partial charge is 0.254 e. The van der Waals surface area contributed by atoms with Gasteiger partial charge >= 0.3 is 0 Å². The van der Waals surface area contributed by atoms with Crippen molar-refractivity contribution >= 4 is 28.3 Å². The maximum absolute atomic E-state index is 13.0. The number of hydrogen-bond donors (Lipinski definition) is 2. The number of benzene rings is 1. The average molecular weight is 390 g/mol. The maximum atomic E-state index is 13.0. The Morgan fingerprint density at radius 3 is 2.68 bits per heavy atom. The Labute approximate surface area is 156 Å². The molecule has 2 atom stereocenters. The second-order valence-corrected chi connectivity index (χ2v) is 8.26. The zero-order valence-electron chi connectivity index (χ0n) is 15.0. The number of nitrogens with zero attached hydrogens (tertiary/aromatic N) is 1. The van der Waals surface area contributed by atoms with Gasteiger partial charge in [0.2, 0.25) is 10.0 Å². The standard InChI is InChI=1S/C17H27N3O3S.ClH/c1-4-19-24(22,23)15-6-5-13(3)16(10-15)17(21)20-8-7-12(2)9-14(20)11-18;/h5-6,10,12,14,19H,4,7-9,11,18H2,1-3H3;1H. The van der Waals surface area contributed by atoms with Gasteiger partial charge in [-0.2, -0.15) is 0 Å². The Morgan fingerprint density at radius 2 is 2.08 bits per heavy atom. The Hall–Kier alpha value is -1.15. The highest BCUT2D eigenvalue weighted by atomic mass is 35.5. The van der Waals surface area contributed by atoms with Crippen molar-refractivity contribution in [3.05, 3.63) is 29.3 Å². The molecule has 1 saturated heterocycles. The molecular weight excluding hydrogens is 362 g/mol. The van der Waals surface area contributed by atoms with Gasteiger partial charge in [0.1, 0.15) is 0 Å². The number of nitrogens with two attached hydrogens (primary N) is 1. The van der Waals surface area contributed by atoms with Gasteiger partial charge < -0.3 is 10.6 Å². The molecule has 8 heteroatoms. The van der Waals surface area contributed by atoms with Crippen LogP contribution in [0.1, 0.15) is 42.6 Å². The molecule has 3 N–H and O–H groups in total. The van der Waals surface area contributed by atoms with Crippen LogP contribution in [0.2, 0.25) is 0 Å². The van der Waals surface area contributed by atoms with E-state index in [1.807, 2.05) is 6.92 Å². The lowest BCUT2D eigenvalue weighted by molar-refractivity contribution is 0.0572. The molecule has 1 aliphatic rings. The lowest BCUT2D eigenvalue weighted by atomic mass is 9.91. The van der Waals surface area contributed by atoms with Gasteiger partial charge in [-0.1, -0.05) is 19.9 Å². The number of rotatable bonds is 5. The Kier molecular flexibility index (Phi) is 7.87.